The van der Waals surface area contributed by atoms with Crippen LogP contribution in [0.25, 0.3) is 0 Å². The fourth-order valence-corrected chi connectivity index (χ4v) is 2.86. The fraction of sp³-hybridized carbons (Fsp3) is 0.474. The molecule has 0 aliphatic heterocycles. The van der Waals surface area contributed by atoms with E-state index >= 15 is 0 Å². The normalized spacial score (nSPS) is 20.4. The molecule has 23 heavy (non-hydrogen) atoms. The smallest absolute Gasteiger partial charge is 0.310 e. The van der Waals surface area contributed by atoms with Gasteiger partial charge < -0.3 is 10.1 Å². The maximum atomic E-state index is 12.7. The summed E-state index contributed by atoms with van der Waals surface area (Å²) in [5.74, 6) is -1.20. The lowest BCUT2D eigenvalue weighted by atomic mass is 9.82. The third kappa shape index (κ3) is 4.44. The molecule has 0 saturated heterocycles. The maximum absolute atomic E-state index is 12.7. The van der Waals surface area contributed by atoms with Crippen molar-refractivity contribution in [1.29, 1.82) is 0 Å². The second-order valence-electron chi connectivity index (χ2n) is 6.45. The fourth-order valence-electron chi connectivity index (χ4n) is 2.86. The molecule has 0 saturated carbocycles. The molecule has 0 fully saturated rings. The minimum atomic E-state index is -0.409. The molecule has 2 atom stereocenters. The highest BCUT2D eigenvalue weighted by Gasteiger charge is 2.35. The zero-order valence-electron chi connectivity index (χ0n) is 14.3. The molecule has 0 radical (unpaired) electrons. The van der Waals surface area contributed by atoms with Gasteiger partial charge >= 0.3 is 5.97 Å². The summed E-state index contributed by atoms with van der Waals surface area (Å²) < 4.78 is 5.31. The Hall–Kier alpha value is -2.10. The van der Waals surface area contributed by atoms with Gasteiger partial charge in [-0.25, -0.2) is 0 Å². The van der Waals surface area contributed by atoms with E-state index in [0.717, 1.165) is 16.8 Å². The third-order valence-corrected chi connectivity index (χ3v) is 4.06. The SMILES string of the molecule is Cc1ccc(NC(=O)[C@@H]2CC=CC[C@H]2C(=O)OC(C)C)c(C)c1. The third-order valence-electron chi connectivity index (χ3n) is 4.06. The molecule has 124 valence electrons. The van der Waals surface area contributed by atoms with Crippen LogP contribution in [-0.4, -0.2) is 18.0 Å². The molecule has 0 unspecified atom stereocenters. The molecule has 4 heteroatoms. The van der Waals surface area contributed by atoms with Gasteiger partial charge in [-0.3, -0.25) is 9.59 Å². The van der Waals surface area contributed by atoms with E-state index in [9.17, 15) is 9.59 Å². The monoisotopic (exact) mass is 315 g/mol. The second-order valence-corrected chi connectivity index (χ2v) is 6.45. The van der Waals surface area contributed by atoms with E-state index in [2.05, 4.69) is 5.32 Å². The lowest BCUT2D eigenvalue weighted by Crippen LogP contribution is -2.36. The number of esters is 1. The number of rotatable bonds is 4. The topological polar surface area (TPSA) is 55.4 Å². The van der Waals surface area contributed by atoms with E-state index < -0.39 is 5.92 Å². The zero-order valence-corrected chi connectivity index (χ0v) is 14.3. The van der Waals surface area contributed by atoms with Crippen LogP contribution in [-0.2, 0) is 14.3 Å². The molecule has 4 nitrogen and oxygen atoms in total. The Labute approximate surface area is 137 Å². The van der Waals surface area contributed by atoms with Crippen molar-refractivity contribution in [2.45, 2.75) is 46.6 Å². The van der Waals surface area contributed by atoms with Gasteiger partial charge in [-0.05, 0) is 52.2 Å². The number of benzene rings is 1. The Morgan fingerprint density at radius 3 is 2.39 bits per heavy atom. The Kier molecular flexibility index (Phi) is 5.59. The number of allylic oxidation sites excluding steroid dienone is 2. The molecular weight excluding hydrogens is 290 g/mol. The molecular formula is C19H25NO3. The molecule has 0 bridgehead atoms. The number of aryl methyl sites for hydroxylation is 2. The number of anilines is 1. The average Bonchev–Trinajstić information content (AvgIpc) is 2.49. The standard InChI is InChI=1S/C19H25NO3/c1-12(2)23-19(22)16-8-6-5-7-15(16)18(21)20-17-10-9-13(3)11-14(17)4/h5-6,9-12,15-16H,7-8H2,1-4H3,(H,20,21)/t15-,16-/m1/s1. The van der Waals surface area contributed by atoms with Gasteiger partial charge in [0.25, 0.3) is 0 Å². The Bertz CT molecular complexity index is 619. The highest BCUT2D eigenvalue weighted by molar-refractivity contribution is 5.96. The summed E-state index contributed by atoms with van der Waals surface area (Å²) >= 11 is 0. The first kappa shape index (κ1) is 17.3. The number of carbonyl (C=O) groups excluding carboxylic acids is 2. The van der Waals surface area contributed by atoms with Crippen molar-refractivity contribution in [1.82, 2.24) is 0 Å². The minimum absolute atomic E-state index is 0.119. The molecule has 0 heterocycles. The van der Waals surface area contributed by atoms with Gasteiger partial charge in [-0.1, -0.05) is 29.8 Å². The van der Waals surface area contributed by atoms with Crippen molar-refractivity contribution in [3.8, 4) is 0 Å². The van der Waals surface area contributed by atoms with E-state index in [1.165, 1.54) is 0 Å². The minimum Gasteiger partial charge on any atom is -0.463 e. The summed E-state index contributed by atoms with van der Waals surface area (Å²) in [6.45, 7) is 7.62. The Morgan fingerprint density at radius 1 is 1.13 bits per heavy atom. The molecule has 1 amide bonds. The van der Waals surface area contributed by atoms with Crippen LogP contribution in [0.4, 0.5) is 5.69 Å². The summed E-state index contributed by atoms with van der Waals surface area (Å²) in [6, 6.07) is 5.90. The average molecular weight is 315 g/mol. The number of carbonyl (C=O) groups is 2. The van der Waals surface area contributed by atoms with Gasteiger partial charge in [0.05, 0.1) is 17.9 Å². The lowest BCUT2D eigenvalue weighted by Gasteiger charge is -2.27. The second kappa shape index (κ2) is 7.44. The quantitative estimate of drug-likeness (QED) is 0.679. The van der Waals surface area contributed by atoms with Crippen LogP contribution in [0, 0.1) is 25.7 Å². The summed E-state index contributed by atoms with van der Waals surface area (Å²) in [6.07, 6.45) is 4.86. The van der Waals surface area contributed by atoms with Gasteiger partial charge in [0.1, 0.15) is 0 Å². The van der Waals surface area contributed by atoms with E-state index in [0.29, 0.717) is 12.8 Å². The summed E-state index contributed by atoms with van der Waals surface area (Å²) in [5.41, 5.74) is 2.97. The summed E-state index contributed by atoms with van der Waals surface area (Å²) in [5, 5.41) is 2.96. The van der Waals surface area contributed by atoms with Gasteiger partial charge in [0, 0.05) is 5.69 Å². The molecule has 2 rings (SSSR count). The predicted molar refractivity (Wildman–Crippen MR) is 91.1 cm³/mol. The van der Waals surface area contributed by atoms with Gasteiger partial charge in [0.2, 0.25) is 5.91 Å². The lowest BCUT2D eigenvalue weighted by molar-refractivity contribution is -0.156. The Morgan fingerprint density at radius 2 is 1.78 bits per heavy atom. The van der Waals surface area contributed by atoms with Crippen LogP contribution < -0.4 is 5.32 Å². The largest absolute Gasteiger partial charge is 0.463 e. The van der Waals surface area contributed by atoms with Gasteiger partial charge in [0.15, 0.2) is 0 Å². The molecule has 0 spiro atoms. The van der Waals surface area contributed by atoms with Crippen LogP contribution in [0.3, 0.4) is 0 Å². The van der Waals surface area contributed by atoms with Gasteiger partial charge in [-0.15, -0.1) is 0 Å². The van der Waals surface area contributed by atoms with Crippen LogP contribution in [0.5, 0.6) is 0 Å². The number of ether oxygens (including phenoxy) is 1. The first-order chi connectivity index (χ1) is 10.9. The highest BCUT2D eigenvalue weighted by atomic mass is 16.5. The van der Waals surface area contributed by atoms with Crippen molar-refractivity contribution >= 4 is 17.6 Å². The molecule has 1 aromatic rings. The van der Waals surface area contributed by atoms with E-state index in [1.54, 1.807) is 0 Å². The summed E-state index contributed by atoms with van der Waals surface area (Å²) in [7, 11) is 0. The number of amides is 1. The number of hydrogen-bond donors (Lipinski definition) is 1. The van der Waals surface area contributed by atoms with Crippen molar-refractivity contribution in [3.05, 3.63) is 41.5 Å². The number of nitrogens with one attached hydrogen (secondary N) is 1. The first-order valence-corrected chi connectivity index (χ1v) is 8.12. The van der Waals surface area contributed by atoms with Crippen molar-refractivity contribution in [2.75, 3.05) is 5.32 Å². The predicted octanol–water partition coefficient (Wildman–Crippen LogP) is 3.78. The van der Waals surface area contributed by atoms with E-state index in [1.807, 2.05) is 58.0 Å². The van der Waals surface area contributed by atoms with E-state index in [4.69, 9.17) is 4.74 Å². The van der Waals surface area contributed by atoms with Crippen LogP contribution in [0.1, 0.15) is 37.8 Å². The molecule has 1 aliphatic carbocycles. The van der Waals surface area contributed by atoms with Crippen LogP contribution in [0.2, 0.25) is 0 Å². The van der Waals surface area contributed by atoms with E-state index in [-0.39, 0.29) is 23.9 Å². The van der Waals surface area contributed by atoms with Crippen LogP contribution >= 0.6 is 0 Å². The van der Waals surface area contributed by atoms with Crippen molar-refractivity contribution < 1.29 is 14.3 Å². The van der Waals surface area contributed by atoms with Gasteiger partial charge in [-0.2, -0.15) is 0 Å². The molecule has 1 aromatic carbocycles. The molecule has 1 N–H and O–H groups in total. The molecule has 0 aromatic heterocycles. The zero-order chi connectivity index (χ0) is 17.0. The number of hydrogen-bond acceptors (Lipinski definition) is 3. The molecule has 1 aliphatic rings. The van der Waals surface area contributed by atoms with Crippen molar-refractivity contribution in [2.24, 2.45) is 11.8 Å². The Balaban J connectivity index is 2.12. The van der Waals surface area contributed by atoms with Crippen molar-refractivity contribution in [3.63, 3.8) is 0 Å². The maximum Gasteiger partial charge on any atom is 0.310 e. The summed E-state index contributed by atoms with van der Waals surface area (Å²) in [4.78, 5) is 24.9. The van der Waals surface area contributed by atoms with Crippen LogP contribution in [0.15, 0.2) is 30.4 Å². The highest BCUT2D eigenvalue weighted by Crippen LogP contribution is 2.29. The first-order valence-electron chi connectivity index (χ1n) is 8.12.